The predicted molar refractivity (Wildman–Crippen MR) is 151 cm³/mol. The van der Waals surface area contributed by atoms with E-state index in [1.165, 1.54) is 19.0 Å². The Labute approximate surface area is 244 Å². The van der Waals surface area contributed by atoms with E-state index in [4.69, 9.17) is 23.8 Å². The highest BCUT2D eigenvalue weighted by atomic mass is 16.8. The van der Waals surface area contributed by atoms with Crippen LogP contribution < -0.4 is 15.5 Å². The highest BCUT2D eigenvalue weighted by Crippen LogP contribution is 2.26. The highest BCUT2D eigenvalue weighted by molar-refractivity contribution is 5.88. The van der Waals surface area contributed by atoms with Gasteiger partial charge in [0.05, 0.1) is 13.0 Å². The van der Waals surface area contributed by atoms with Crippen LogP contribution in [-0.2, 0) is 38.2 Å². The molecule has 2 N–H and O–H groups in total. The number of hydrogen-bond acceptors (Lipinski definition) is 10. The molecular formula is C29H39N3O10. The van der Waals surface area contributed by atoms with E-state index in [-0.39, 0.29) is 12.8 Å². The number of urea groups is 1. The van der Waals surface area contributed by atoms with Crippen LogP contribution in [0.4, 0.5) is 4.79 Å². The Bertz CT molecular complexity index is 1270. The lowest BCUT2D eigenvalue weighted by Crippen LogP contribution is -2.47. The molecule has 0 aromatic heterocycles. The molecule has 2 rings (SSSR count). The van der Waals surface area contributed by atoms with Gasteiger partial charge in [-0.3, -0.25) is 14.4 Å². The Morgan fingerprint density at radius 1 is 0.881 bits per heavy atom. The van der Waals surface area contributed by atoms with Crippen LogP contribution in [-0.4, -0.2) is 75.6 Å². The van der Waals surface area contributed by atoms with Crippen molar-refractivity contribution < 1.29 is 47.8 Å². The van der Waals surface area contributed by atoms with Gasteiger partial charge in [-0.05, 0) is 41.8 Å². The summed E-state index contributed by atoms with van der Waals surface area (Å²) in [5, 5.41) is 4.42. The summed E-state index contributed by atoms with van der Waals surface area (Å²) in [5.74, 6) is -2.57. The molecule has 0 saturated heterocycles. The normalized spacial score (nSPS) is 12.5. The lowest BCUT2D eigenvalue weighted by atomic mass is 9.95. The third kappa shape index (κ3) is 10.5. The van der Waals surface area contributed by atoms with E-state index < -0.39 is 60.8 Å². The zero-order valence-corrected chi connectivity index (χ0v) is 25.0. The van der Waals surface area contributed by atoms with E-state index in [1.807, 2.05) is 36.4 Å². The number of hydroxylamine groups is 1. The van der Waals surface area contributed by atoms with Crippen molar-refractivity contribution in [3.63, 3.8) is 0 Å². The molecule has 230 valence electrons. The van der Waals surface area contributed by atoms with E-state index in [0.717, 1.165) is 22.1 Å². The number of carbonyl (C=O) groups is 5. The topological polar surface area (TPSA) is 159 Å². The monoisotopic (exact) mass is 589 g/mol. The SMILES string of the molecule is COc1ccc2cc(C(C)C(=O)OCOC(=O)CCC(NC(=O)C(C)(C)C)C(=O)OCONC(=O)N(C)C)ccc2c1. The third-order valence-electron chi connectivity index (χ3n) is 6.08. The van der Waals surface area contributed by atoms with Crippen LogP contribution in [0, 0.1) is 5.41 Å². The van der Waals surface area contributed by atoms with Gasteiger partial charge < -0.3 is 29.2 Å². The Balaban J connectivity index is 1.86. The number of benzene rings is 2. The molecule has 13 heteroatoms. The number of esters is 3. The summed E-state index contributed by atoms with van der Waals surface area (Å²) in [6.07, 6.45) is -0.445. The standard InChI is InChI=1S/C29H39N3O10/c1-18(19-8-9-21-15-22(38-7)11-10-20(21)14-19)25(34)40-16-39-24(33)13-12-23(30-27(36)29(2,3)4)26(35)41-17-42-31-28(37)32(5)6/h8-11,14-15,18,23H,12-13,16-17H2,1-7H3,(H,30,36)(H,31,37). The summed E-state index contributed by atoms with van der Waals surface area (Å²) in [6.45, 7) is 5.41. The quantitative estimate of drug-likeness (QED) is 0.154. The van der Waals surface area contributed by atoms with Gasteiger partial charge in [-0.25, -0.2) is 19.9 Å². The van der Waals surface area contributed by atoms with E-state index in [0.29, 0.717) is 0 Å². The molecule has 2 atom stereocenters. The van der Waals surface area contributed by atoms with E-state index in [9.17, 15) is 24.0 Å². The summed E-state index contributed by atoms with van der Waals surface area (Å²) in [4.78, 5) is 67.3. The van der Waals surface area contributed by atoms with Crippen molar-refractivity contribution in [2.24, 2.45) is 5.41 Å². The fraction of sp³-hybridized carbons (Fsp3) is 0.483. The van der Waals surface area contributed by atoms with Gasteiger partial charge >= 0.3 is 23.9 Å². The summed E-state index contributed by atoms with van der Waals surface area (Å²) in [6, 6.07) is 9.40. The molecule has 0 radical (unpaired) electrons. The molecule has 0 saturated carbocycles. The van der Waals surface area contributed by atoms with Gasteiger partial charge in [-0.15, -0.1) is 0 Å². The second-order valence-electron chi connectivity index (χ2n) is 10.6. The number of carbonyl (C=O) groups excluding carboxylic acids is 5. The van der Waals surface area contributed by atoms with Gasteiger partial charge in [-0.1, -0.05) is 45.0 Å². The first-order chi connectivity index (χ1) is 19.7. The van der Waals surface area contributed by atoms with E-state index in [2.05, 4.69) is 10.8 Å². The molecule has 0 spiro atoms. The van der Waals surface area contributed by atoms with E-state index >= 15 is 0 Å². The maximum absolute atomic E-state index is 12.6. The number of methoxy groups -OCH3 is 1. The largest absolute Gasteiger partial charge is 0.497 e. The number of amides is 3. The van der Waals surface area contributed by atoms with Crippen LogP contribution in [0.1, 0.15) is 52.0 Å². The summed E-state index contributed by atoms with van der Waals surface area (Å²) < 4.78 is 20.3. The van der Waals surface area contributed by atoms with Crippen molar-refractivity contribution >= 4 is 40.6 Å². The van der Waals surface area contributed by atoms with Crippen molar-refractivity contribution in [3.05, 3.63) is 42.0 Å². The molecule has 3 amide bonds. The number of ether oxygens (including phenoxy) is 4. The average molecular weight is 590 g/mol. The predicted octanol–water partition coefficient (Wildman–Crippen LogP) is 3.01. The summed E-state index contributed by atoms with van der Waals surface area (Å²) in [5.41, 5.74) is 1.96. The minimum Gasteiger partial charge on any atom is -0.497 e. The third-order valence-corrected chi connectivity index (χ3v) is 6.08. The van der Waals surface area contributed by atoms with Gasteiger partial charge in [0.15, 0.2) is 0 Å². The molecule has 42 heavy (non-hydrogen) atoms. The number of nitrogens with zero attached hydrogens (tertiary/aromatic N) is 1. The van der Waals surface area contributed by atoms with Gasteiger partial charge in [0.1, 0.15) is 11.8 Å². The van der Waals surface area contributed by atoms with Crippen LogP contribution in [0.2, 0.25) is 0 Å². The number of fused-ring (bicyclic) bond motifs is 1. The van der Waals surface area contributed by atoms with Crippen molar-refractivity contribution in [1.82, 2.24) is 15.7 Å². The maximum Gasteiger partial charge on any atom is 0.340 e. The highest BCUT2D eigenvalue weighted by Gasteiger charge is 2.29. The second-order valence-corrected chi connectivity index (χ2v) is 10.6. The Morgan fingerprint density at radius 3 is 2.17 bits per heavy atom. The van der Waals surface area contributed by atoms with Crippen LogP contribution >= 0.6 is 0 Å². The second kappa shape index (κ2) is 15.6. The first-order valence-electron chi connectivity index (χ1n) is 13.2. The van der Waals surface area contributed by atoms with Crippen molar-refractivity contribution in [3.8, 4) is 5.75 Å². The molecule has 0 bridgehead atoms. The molecule has 2 aromatic rings. The minimum atomic E-state index is -1.20. The fourth-order valence-corrected chi connectivity index (χ4v) is 3.38. The molecule has 0 heterocycles. The lowest BCUT2D eigenvalue weighted by Gasteiger charge is -2.23. The number of rotatable bonds is 13. The van der Waals surface area contributed by atoms with Crippen LogP contribution in [0.5, 0.6) is 5.75 Å². The first kappa shape index (κ1) is 33.8. The molecule has 2 unspecified atom stereocenters. The Kier molecular flexibility index (Phi) is 12.5. The summed E-state index contributed by atoms with van der Waals surface area (Å²) >= 11 is 0. The van der Waals surface area contributed by atoms with Crippen molar-refractivity contribution in [2.75, 3.05) is 34.8 Å². The van der Waals surface area contributed by atoms with Crippen LogP contribution in [0.25, 0.3) is 10.8 Å². The lowest BCUT2D eigenvalue weighted by molar-refractivity contribution is -0.168. The Morgan fingerprint density at radius 2 is 1.52 bits per heavy atom. The van der Waals surface area contributed by atoms with Crippen molar-refractivity contribution in [2.45, 2.75) is 52.5 Å². The zero-order chi connectivity index (χ0) is 31.4. The van der Waals surface area contributed by atoms with Gasteiger partial charge in [0.2, 0.25) is 19.5 Å². The Hall–Kier alpha value is -4.39. The molecule has 0 aliphatic carbocycles. The fourth-order valence-electron chi connectivity index (χ4n) is 3.38. The van der Waals surface area contributed by atoms with Gasteiger partial charge in [0.25, 0.3) is 0 Å². The molecule has 13 nitrogen and oxygen atoms in total. The minimum absolute atomic E-state index is 0.157. The molecule has 0 aliphatic rings. The van der Waals surface area contributed by atoms with Crippen LogP contribution in [0.15, 0.2) is 36.4 Å². The molecular weight excluding hydrogens is 550 g/mol. The maximum atomic E-state index is 12.6. The molecule has 0 aliphatic heterocycles. The van der Waals surface area contributed by atoms with Gasteiger partial charge in [0, 0.05) is 25.9 Å². The van der Waals surface area contributed by atoms with E-state index in [1.54, 1.807) is 34.8 Å². The zero-order valence-electron chi connectivity index (χ0n) is 25.0. The first-order valence-corrected chi connectivity index (χ1v) is 13.2. The van der Waals surface area contributed by atoms with Crippen molar-refractivity contribution in [1.29, 1.82) is 0 Å². The smallest absolute Gasteiger partial charge is 0.340 e. The van der Waals surface area contributed by atoms with Gasteiger partial charge in [-0.2, -0.15) is 0 Å². The number of hydrogen-bond donors (Lipinski definition) is 2. The van der Waals surface area contributed by atoms with Crippen LogP contribution in [0.3, 0.4) is 0 Å². The number of nitrogens with one attached hydrogen (secondary N) is 2. The molecule has 2 aromatic carbocycles. The average Bonchev–Trinajstić information content (AvgIpc) is 2.95. The molecule has 0 fully saturated rings. The summed E-state index contributed by atoms with van der Waals surface area (Å²) in [7, 11) is 4.57.